The Bertz CT molecular complexity index is 1000. The van der Waals surface area contributed by atoms with E-state index in [1.165, 1.54) is 9.80 Å². The number of rotatable bonds is 18. The molecule has 0 bridgehead atoms. The first-order valence-electron chi connectivity index (χ1n) is 15.0. The van der Waals surface area contributed by atoms with Crippen LogP contribution in [0.3, 0.4) is 0 Å². The number of likely N-dealkylation sites (tertiary alicyclic amines) is 2. The summed E-state index contributed by atoms with van der Waals surface area (Å²) < 4.78 is 11.0. The van der Waals surface area contributed by atoms with Crippen LogP contribution in [-0.2, 0) is 43.0 Å². The van der Waals surface area contributed by atoms with Crippen molar-refractivity contribution >= 4 is 53.0 Å². The third kappa shape index (κ3) is 12.0. The molecule has 14 heteroatoms. The van der Waals surface area contributed by atoms with Gasteiger partial charge in [0.2, 0.25) is 23.6 Å². The van der Waals surface area contributed by atoms with E-state index in [4.69, 9.17) is 9.47 Å². The fraction of sp³-hybridized carbons (Fsp3) is 0.759. The molecule has 2 fully saturated rings. The van der Waals surface area contributed by atoms with Crippen molar-refractivity contribution in [1.82, 2.24) is 20.4 Å². The van der Waals surface area contributed by atoms with Gasteiger partial charge in [0.25, 0.3) is 11.8 Å². The van der Waals surface area contributed by atoms with Crippen molar-refractivity contribution in [2.45, 2.75) is 110 Å². The molecular weight excluding hydrogens is 580 g/mol. The Kier molecular flexibility index (Phi) is 17.3. The number of nitrogens with zero attached hydrogens (tertiary/aromatic N) is 2. The number of hydrogen-bond acceptors (Lipinski definition) is 10. The highest BCUT2D eigenvalue weighted by atomic mass is 32.2. The SMILES string of the molecule is CC.CCCC(=O)CSC(CC(=O)NCCOC1CC(=O)N(C(C)C)C1=O)C(=O)NCCOC1CC(=O)N(C(C)C)C1=O. The van der Waals surface area contributed by atoms with Gasteiger partial charge in [0.15, 0.2) is 0 Å². The predicted octanol–water partition coefficient (Wildman–Crippen LogP) is 1.21. The molecule has 0 saturated carbocycles. The molecular formula is C29H48N4O9S. The molecule has 2 heterocycles. The van der Waals surface area contributed by atoms with Crippen molar-refractivity contribution in [2.24, 2.45) is 0 Å². The van der Waals surface area contributed by atoms with Crippen molar-refractivity contribution in [3.8, 4) is 0 Å². The normalized spacial score (nSPS) is 19.2. The van der Waals surface area contributed by atoms with Crippen molar-refractivity contribution in [3.63, 3.8) is 0 Å². The van der Waals surface area contributed by atoms with Gasteiger partial charge < -0.3 is 20.1 Å². The molecule has 2 aliphatic heterocycles. The van der Waals surface area contributed by atoms with Gasteiger partial charge in [-0.05, 0) is 34.1 Å². The maximum atomic E-state index is 12.9. The number of amides is 6. The highest BCUT2D eigenvalue weighted by Gasteiger charge is 2.41. The number of ether oxygens (including phenoxy) is 2. The Morgan fingerprint density at radius 3 is 1.72 bits per heavy atom. The maximum Gasteiger partial charge on any atom is 0.259 e. The molecule has 6 amide bonds. The Morgan fingerprint density at radius 1 is 0.837 bits per heavy atom. The summed E-state index contributed by atoms with van der Waals surface area (Å²) in [6.45, 7) is 13.0. The number of thioether (sulfide) groups is 1. The second-order valence-electron chi connectivity index (χ2n) is 10.5. The topological polar surface area (TPSA) is 168 Å². The Labute approximate surface area is 258 Å². The summed E-state index contributed by atoms with van der Waals surface area (Å²) in [5.41, 5.74) is 0. The number of carbonyl (C=O) groups excluding carboxylic acids is 7. The van der Waals surface area contributed by atoms with Crippen molar-refractivity contribution in [1.29, 1.82) is 0 Å². The van der Waals surface area contributed by atoms with Crippen LogP contribution in [0.5, 0.6) is 0 Å². The smallest absolute Gasteiger partial charge is 0.259 e. The van der Waals surface area contributed by atoms with Gasteiger partial charge in [-0.2, -0.15) is 0 Å². The number of hydrogen-bond donors (Lipinski definition) is 2. The summed E-state index contributed by atoms with van der Waals surface area (Å²) in [5.74, 6) is -2.26. The van der Waals surface area contributed by atoms with E-state index in [1.54, 1.807) is 27.7 Å². The largest absolute Gasteiger partial charge is 0.366 e. The Balaban J connectivity index is 0.00000452. The summed E-state index contributed by atoms with van der Waals surface area (Å²) in [5, 5.41) is 4.46. The molecule has 3 unspecified atom stereocenters. The molecule has 13 nitrogen and oxygen atoms in total. The molecule has 0 spiro atoms. The van der Waals surface area contributed by atoms with Crippen LogP contribution in [0, 0.1) is 0 Å². The van der Waals surface area contributed by atoms with Gasteiger partial charge in [0.1, 0.15) is 18.0 Å². The van der Waals surface area contributed by atoms with E-state index in [0.29, 0.717) is 12.8 Å². The van der Waals surface area contributed by atoms with Crippen LogP contribution >= 0.6 is 11.8 Å². The van der Waals surface area contributed by atoms with E-state index in [1.807, 2.05) is 20.8 Å². The average Bonchev–Trinajstić information content (AvgIpc) is 3.40. The molecule has 2 saturated heterocycles. The first kappa shape index (κ1) is 38.2. The number of imide groups is 2. The lowest BCUT2D eigenvalue weighted by Gasteiger charge is -2.19. The van der Waals surface area contributed by atoms with Gasteiger partial charge in [-0.3, -0.25) is 43.4 Å². The van der Waals surface area contributed by atoms with Crippen LogP contribution in [0.25, 0.3) is 0 Å². The molecule has 2 aliphatic rings. The van der Waals surface area contributed by atoms with Crippen LogP contribution < -0.4 is 10.6 Å². The van der Waals surface area contributed by atoms with E-state index in [0.717, 1.165) is 11.8 Å². The van der Waals surface area contributed by atoms with Crippen molar-refractivity contribution in [2.75, 3.05) is 32.1 Å². The minimum absolute atomic E-state index is 0.00627. The second-order valence-corrected chi connectivity index (χ2v) is 11.6. The minimum atomic E-state index is -0.891. The molecule has 2 rings (SSSR count). The van der Waals surface area contributed by atoms with E-state index >= 15 is 0 Å². The summed E-state index contributed by atoms with van der Waals surface area (Å²) in [6.07, 6.45) is -1.01. The van der Waals surface area contributed by atoms with E-state index < -0.39 is 41.1 Å². The van der Waals surface area contributed by atoms with Gasteiger partial charge in [0, 0.05) is 38.0 Å². The molecule has 0 aromatic rings. The summed E-state index contributed by atoms with van der Waals surface area (Å²) in [4.78, 5) is 88.4. The number of Topliss-reactive ketones (excluding diaryl/α,β-unsaturated/α-hetero) is 1. The molecule has 0 aromatic heterocycles. The molecule has 0 aliphatic carbocycles. The van der Waals surface area contributed by atoms with Gasteiger partial charge in [-0.15, -0.1) is 11.8 Å². The lowest BCUT2D eigenvalue weighted by atomic mass is 10.2. The number of ketones is 1. The standard InChI is InChI=1S/C27H42N4O9S.C2H6/c1-6-7-18(32)15-41-21(25(36)29-9-11-40-20-13-24(35)31(17(4)5)27(20)38)14-22(33)28-8-10-39-19-12-23(34)30(16(2)3)26(19)37;1-2/h16-17,19-21H,6-15H2,1-5H3,(H,28,33)(H,29,36);1-2H3. The highest BCUT2D eigenvalue weighted by Crippen LogP contribution is 2.20. The Hall–Kier alpha value is -2.84. The molecule has 0 radical (unpaired) electrons. The fourth-order valence-electron chi connectivity index (χ4n) is 4.48. The van der Waals surface area contributed by atoms with Gasteiger partial charge in [-0.25, -0.2) is 0 Å². The van der Waals surface area contributed by atoms with Crippen molar-refractivity contribution < 1.29 is 43.0 Å². The minimum Gasteiger partial charge on any atom is -0.366 e. The zero-order chi connectivity index (χ0) is 32.7. The van der Waals surface area contributed by atoms with Crippen LogP contribution in [0.1, 0.15) is 80.6 Å². The van der Waals surface area contributed by atoms with E-state index in [2.05, 4.69) is 10.6 Å². The average molecular weight is 629 g/mol. The molecule has 0 aromatic carbocycles. The van der Waals surface area contributed by atoms with Gasteiger partial charge in [0.05, 0.1) is 37.1 Å². The van der Waals surface area contributed by atoms with Crippen molar-refractivity contribution in [3.05, 3.63) is 0 Å². The third-order valence-corrected chi connectivity index (χ3v) is 7.69. The van der Waals surface area contributed by atoms with Gasteiger partial charge in [-0.1, -0.05) is 20.8 Å². The second kappa shape index (κ2) is 19.4. The molecule has 43 heavy (non-hydrogen) atoms. The molecule has 2 N–H and O–H groups in total. The quantitative estimate of drug-likeness (QED) is 0.166. The zero-order valence-electron chi connectivity index (χ0n) is 26.4. The van der Waals surface area contributed by atoms with Crippen LogP contribution in [0.2, 0.25) is 0 Å². The number of carbonyl (C=O) groups is 7. The van der Waals surface area contributed by atoms with Crippen LogP contribution in [-0.4, -0.2) is 113 Å². The summed E-state index contributed by atoms with van der Waals surface area (Å²) in [6, 6.07) is -0.525. The predicted molar refractivity (Wildman–Crippen MR) is 161 cm³/mol. The first-order chi connectivity index (χ1) is 20.4. The van der Waals surface area contributed by atoms with E-state index in [9.17, 15) is 33.6 Å². The summed E-state index contributed by atoms with van der Waals surface area (Å²) >= 11 is 1.07. The molecule has 3 atom stereocenters. The maximum absolute atomic E-state index is 12.9. The van der Waals surface area contributed by atoms with Gasteiger partial charge >= 0.3 is 0 Å². The number of nitrogens with one attached hydrogen (secondary N) is 2. The third-order valence-electron chi connectivity index (χ3n) is 6.42. The first-order valence-corrected chi connectivity index (χ1v) is 16.0. The van der Waals surface area contributed by atoms with Crippen LogP contribution in [0.15, 0.2) is 0 Å². The summed E-state index contributed by atoms with van der Waals surface area (Å²) in [7, 11) is 0. The lowest BCUT2D eigenvalue weighted by molar-refractivity contribution is -0.145. The zero-order valence-corrected chi connectivity index (χ0v) is 27.3. The Morgan fingerprint density at radius 2 is 1.30 bits per heavy atom. The molecule has 244 valence electrons. The monoisotopic (exact) mass is 628 g/mol. The lowest BCUT2D eigenvalue weighted by Crippen LogP contribution is -2.41. The van der Waals surface area contributed by atoms with Crippen LogP contribution in [0.4, 0.5) is 0 Å². The highest BCUT2D eigenvalue weighted by molar-refractivity contribution is 8.01. The fourth-order valence-corrected chi connectivity index (χ4v) is 5.52. The van der Waals surface area contributed by atoms with E-state index in [-0.39, 0.29) is 81.0 Å².